The van der Waals surface area contributed by atoms with Gasteiger partial charge in [-0.2, -0.15) is 0 Å². The zero-order chi connectivity index (χ0) is 12.3. The molecule has 0 bridgehead atoms. The molecule has 0 N–H and O–H groups in total. The van der Waals surface area contributed by atoms with Crippen LogP contribution in [0.4, 0.5) is 0 Å². The molecule has 0 saturated carbocycles. The molecule has 0 aliphatic carbocycles. The van der Waals surface area contributed by atoms with E-state index in [1.807, 2.05) is 32.0 Å². The van der Waals surface area contributed by atoms with E-state index in [1.165, 1.54) is 0 Å². The van der Waals surface area contributed by atoms with E-state index in [-0.39, 0.29) is 0 Å². The molecule has 90 valence electrons. The number of ether oxygens (including phenoxy) is 2. The quantitative estimate of drug-likeness (QED) is 0.832. The highest BCUT2D eigenvalue weighted by Gasteiger charge is 2.11. The monoisotopic (exact) mass is 294 g/mol. The van der Waals surface area contributed by atoms with Gasteiger partial charge in [-0.25, -0.2) is 0 Å². The first-order chi connectivity index (χ1) is 8.27. The van der Waals surface area contributed by atoms with Crippen molar-refractivity contribution in [3.8, 4) is 11.5 Å². The average molecular weight is 295 g/mol. The minimum Gasteiger partial charge on any atom is -0.493 e. The fraction of sp³-hybridized carbons (Fsp3) is 0.286. The molecule has 0 atom stereocenters. The van der Waals surface area contributed by atoms with Gasteiger partial charge in [-0.15, -0.1) is 0 Å². The Balaban J connectivity index is 2.66. The Hall–Kier alpha value is -1.22. The Kier molecular flexibility index (Phi) is 3.89. The maximum Gasteiger partial charge on any atom is 0.137 e. The molecule has 0 aliphatic heterocycles. The first-order valence-corrected chi connectivity index (χ1v) is 6.54. The molecule has 0 spiro atoms. The lowest BCUT2D eigenvalue weighted by atomic mass is 10.1. The van der Waals surface area contributed by atoms with Crippen molar-refractivity contribution in [3.05, 3.63) is 34.8 Å². The van der Waals surface area contributed by atoms with Crippen molar-refractivity contribution in [3.63, 3.8) is 0 Å². The maximum absolute atomic E-state index is 5.66. The fourth-order valence-corrected chi connectivity index (χ4v) is 2.39. The normalized spacial score (nSPS) is 10.5. The van der Waals surface area contributed by atoms with Gasteiger partial charge < -0.3 is 9.47 Å². The van der Waals surface area contributed by atoms with E-state index >= 15 is 0 Å². The van der Waals surface area contributed by atoms with Gasteiger partial charge in [-0.1, -0.05) is 24.3 Å². The first-order valence-electron chi connectivity index (χ1n) is 5.74. The van der Waals surface area contributed by atoms with Crippen LogP contribution in [0.1, 0.15) is 13.8 Å². The Morgan fingerprint density at radius 3 is 2.18 bits per heavy atom. The Morgan fingerprint density at radius 1 is 0.941 bits per heavy atom. The van der Waals surface area contributed by atoms with Crippen molar-refractivity contribution in [2.45, 2.75) is 13.8 Å². The SMILES string of the molecule is CCOc1cc(OCC)c2ccccc2c1Br. The summed E-state index contributed by atoms with van der Waals surface area (Å²) >= 11 is 3.59. The van der Waals surface area contributed by atoms with E-state index in [0.717, 1.165) is 26.7 Å². The van der Waals surface area contributed by atoms with Crippen molar-refractivity contribution < 1.29 is 9.47 Å². The molecule has 2 nitrogen and oxygen atoms in total. The third-order valence-corrected chi connectivity index (χ3v) is 3.33. The van der Waals surface area contributed by atoms with Gasteiger partial charge in [0.25, 0.3) is 0 Å². The third kappa shape index (κ3) is 2.39. The number of hydrogen-bond donors (Lipinski definition) is 0. The summed E-state index contributed by atoms with van der Waals surface area (Å²) in [5.74, 6) is 1.70. The van der Waals surface area contributed by atoms with E-state index in [9.17, 15) is 0 Å². The number of rotatable bonds is 4. The van der Waals surface area contributed by atoms with Crippen molar-refractivity contribution >= 4 is 26.7 Å². The van der Waals surface area contributed by atoms with Crippen molar-refractivity contribution in [2.24, 2.45) is 0 Å². The number of benzene rings is 2. The highest BCUT2D eigenvalue weighted by Crippen LogP contribution is 2.39. The summed E-state index contributed by atoms with van der Waals surface area (Å²) < 4.78 is 12.2. The highest BCUT2D eigenvalue weighted by atomic mass is 79.9. The lowest BCUT2D eigenvalue weighted by molar-refractivity contribution is 0.324. The molecule has 0 unspecified atom stereocenters. The number of fused-ring (bicyclic) bond motifs is 1. The highest BCUT2D eigenvalue weighted by molar-refractivity contribution is 9.10. The zero-order valence-corrected chi connectivity index (χ0v) is 11.6. The molecule has 0 aromatic heterocycles. The predicted molar refractivity (Wildman–Crippen MR) is 74.0 cm³/mol. The Labute approximate surface area is 110 Å². The van der Waals surface area contributed by atoms with Gasteiger partial charge in [0.05, 0.1) is 17.7 Å². The molecule has 2 aromatic rings. The summed E-state index contributed by atoms with van der Waals surface area (Å²) in [6, 6.07) is 10.1. The van der Waals surface area contributed by atoms with Crippen LogP contribution >= 0.6 is 15.9 Å². The lowest BCUT2D eigenvalue weighted by Crippen LogP contribution is -1.97. The van der Waals surface area contributed by atoms with Crippen LogP contribution in [0.15, 0.2) is 34.8 Å². The van der Waals surface area contributed by atoms with Gasteiger partial charge in [0.2, 0.25) is 0 Å². The summed E-state index contributed by atoms with van der Waals surface area (Å²) in [5, 5.41) is 2.21. The molecule has 0 saturated heterocycles. The molecule has 0 amide bonds. The summed E-state index contributed by atoms with van der Waals surface area (Å²) in [6.07, 6.45) is 0. The summed E-state index contributed by atoms with van der Waals surface area (Å²) in [4.78, 5) is 0. The van der Waals surface area contributed by atoms with E-state index in [1.54, 1.807) is 0 Å². The van der Waals surface area contributed by atoms with Gasteiger partial charge in [0.1, 0.15) is 11.5 Å². The molecule has 2 rings (SSSR count). The van der Waals surface area contributed by atoms with Gasteiger partial charge in [0, 0.05) is 16.8 Å². The molecule has 3 heteroatoms. The molecule has 2 aromatic carbocycles. The van der Waals surface area contributed by atoms with Crippen LogP contribution in [0.3, 0.4) is 0 Å². The van der Waals surface area contributed by atoms with Crippen LogP contribution in [0.2, 0.25) is 0 Å². The van der Waals surface area contributed by atoms with Crippen molar-refractivity contribution in [2.75, 3.05) is 13.2 Å². The van der Waals surface area contributed by atoms with Gasteiger partial charge >= 0.3 is 0 Å². The van der Waals surface area contributed by atoms with Crippen LogP contribution < -0.4 is 9.47 Å². The van der Waals surface area contributed by atoms with E-state index in [2.05, 4.69) is 28.1 Å². The smallest absolute Gasteiger partial charge is 0.137 e. The summed E-state index contributed by atoms with van der Waals surface area (Å²) in [5.41, 5.74) is 0. The van der Waals surface area contributed by atoms with Crippen molar-refractivity contribution in [1.82, 2.24) is 0 Å². The standard InChI is InChI=1S/C14H15BrO2/c1-3-16-12-9-13(17-4-2)14(15)11-8-6-5-7-10(11)12/h5-9H,3-4H2,1-2H3. The molecule has 0 aliphatic rings. The molecular weight excluding hydrogens is 280 g/mol. The number of hydrogen-bond acceptors (Lipinski definition) is 2. The fourth-order valence-electron chi connectivity index (χ4n) is 1.82. The third-order valence-electron chi connectivity index (χ3n) is 2.51. The van der Waals surface area contributed by atoms with Gasteiger partial charge in [-0.3, -0.25) is 0 Å². The van der Waals surface area contributed by atoms with Gasteiger partial charge in [-0.05, 0) is 29.8 Å². The minimum atomic E-state index is 0.641. The molecule has 0 radical (unpaired) electrons. The maximum atomic E-state index is 5.66. The minimum absolute atomic E-state index is 0.641. The number of halogens is 1. The van der Waals surface area contributed by atoms with E-state index < -0.39 is 0 Å². The van der Waals surface area contributed by atoms with Gasteiger partial charge in [0.15, 0.2) is 0 Å². The predicted octanol–water partition coefficient (Wildman–Crippen LogP) is 4.40. The zero-order valence-electron chi connectivity index (χ0n) is 10.00. The molecular formula is C14H15BrO2. The van der Waals surface area contributed by atoms with Crippen LogP contribution in [0.5, 0.6) is 11.5 Å². The lowest BCUT2D eigenvalue weighted by Gasteiger charge is -2.13. The molecule has 0 heterocycles. The second-order valence-electron chi connectivity index (χ2n) is 3.60. The molecule has 0 fully saturated rings. The summed E-state index contributed by atoms with van der Waals surface area (Å²) in [6.45, 7) is 5.25. The van der Waals surface area contributed by atoms with Crippen LogP contribution in [-0.2, 0) is 0 Å². The van der Waals surface area contributed by atoms with Crippen molar-refractivity contribution in [1.29, 1.82) is 0 Å². The van der Waals surface area contributed by atoms with Crippen LogP contribution in [-0.4, -0.2) is 13.2 Å². The average Bonchev–Trinajstić information content (AvgIpc) is 2.36. The molecule has 17 heavy (non-hydrogen) atoms. The van der Waals surface area contributed by atoms with E-state index in [0.29, 0.717) is 13.2 Å². The topological polar surface area (TPSA) is 18.5 Å². The van der Waals surface area contributed by atoms with Crippen LogP contribution in [0.25, 0.3) is 10.8 Å². The Bertz CT molecular complexity index is 523. The summed E-state index contributed by atoms with van der Waals surface area (Å²) in [7, 11) is 0. The second kappa shape index (κ2) is 5.41. The second-order valence-corrected chi connectivity index (χ2v) is 4.39. The van der Waals surface area contributed by atoms with E-state index in [4.69, 9.17) is 9.47 Å². The van der Waals surface area contributed by atoms with Crippen LogP contribution in [0, 0.1) is 0 Å². The first kappa shape index (κ1) is 12.2. The largest absolute Gasteiger partial charge is 0.493 e. The Morgan fingerprint density at radius 2 is 1.53 bits per heavy atom.